The highest BCUT2D eigenvalue weighted by Crippen LogP contribution is 2.21. The third-order valence-electron chi connectivity index (χ3n) is 3.68. The average Bonchev–Trinajstić information content (AvgIpc) is 2.92. The molecule has 114 valence electrons. The number of nitrogens with one attached hydrogen (secondary N) is 1. The lowest BCUT2D eigenvalue weighted by molar-refractivity contribution is 0.489. The zero-order valence-corrected chi connectivity index (χ0v) is 15.2. The van der Waals surface area contributed by atoms with Crippen molar-refractivity contribution in [2.75, 3.05) is 6.54 Å². The molecule has 0 aliphatic carbocycles. The number of hydrogen-bond donors (Lipinski definition) is 1. The maximum Gasteiger partial charge on any atom is 0.0625 e. The van der Waals surface area contributed by atoms with Crippen molar-refractivity contribution in [3.8, 4) is 0 Å². The van der Waals surface area contributed by atoms with E-state index in [-0.39, 0.29) is 0 Å². The second-order valence-corrected chi connectivity index (χ2v) is 6.42. The van der Waals surface area contributed by atoms with Crippen LogP contribution in [0.5, 0.6) is 0 Å². The third kappa shape index (κ3) is 4.30. The summed E-state index contributed by atoms with van der Waals surface area (Å²) < 4.78 is 3.42. The Labute approximate surface area is 141 Å². The van der Waals surface area contributed by atoms with Crippen molar-refractivity contribution in [2.24, 2.45) is 0 Å². The summed E-state index contributed by atoms with van der Waals surface area (Å²) in [4.78, 5) is 0. The van der Waals surface area contributed by atoms with Gasteiger partial charge in [0.25, 0.3) is 0 Å². The molecule has 0 saturated carbocycles. The van der Waals surface area contributed by atoms with E-state index in [9.17, 15) is 0 Å². The van der Waals surface area contributed by atoms with Crippen molar-refractivity contribution in [3.05, 3.63) is 50.9 Å². The summed E-state index contributed by atoms with van der Waals surface area (Å²) in [5.41, 5.74) is 3.84. The van der Waals surface area contributed by atoms with Gasteiger partial charge in [0, 0.05) is 10.1 Å². The van der Waals surface area contributed by atoms with E-state index >= 15 is 0 Å². The van der Waals surface area contributed by atoms with Crippen LogP contribution >= 0.6 is 22.6 Å². The maximum atomic E-state index is 4.68. The topological polar surface area (TPSA) is 29.9 Å². The largest absolute Gasteiger partial charge is 0.309 e. The van der Waals surface area contributed by atoms with Crippen LogP contribution in [0.15, 0.2) is 30.3 Å². The summed E-state index contributed by atoms with van der Waals surface area (Å²) in [6, 6.07) is 11.4. The van der Waals surface area contributed by atoms with Crippen LogP contribution in [0.3, 0.4) is 0 Å². The quantitative estimate of drug-likeness (QED) is 0.717. The molecule has 1 aromatic carbocycles. The van der Waals surface area contributed by atoms with Crippen LogP contribution in [0, 0.1) is 3.57 Å². The first-order chi connectivity index (χ1) is 10.2. The van der Waals surface area contributed by atoms with Gasteiger partial charge in [0.2, 0.25) is 0 Å². The number of rotatable bonds is 7. The molecular weight excluding hydrogens is 373 g/mol. The van der Waals surface area contributed by atoms with E-state index < -0.39 is 0 Å². The predicted octanol–water partition coefficient (Wildman–Crippen LogP) is 3.96. The summed E-state index contributed by atoms with van der Waals surface area (Å²) in [5, 5.41) is 8.29. The van der Waals surface area contributed by atoms with Gasteiger partial charge in [-0.1, -0.05) is 26.0 Å². The number of likely N-dealkylation sites (N-methyl/N-ethyl adjacent to an activating group) is 1. The predicted molar refractivity (Wildman–Crippen MR) is 96.6 cm³/mol. The van der Waals surface area contributed by atoms with Crippen LogP contribution in [0.1, 0.15) is 43.8 Å². The lowest BCUT2D eigenvalue weighted by atomic mass is 10.0. The summed E-state index contributed by atoms with van der Waals surface area (Å²) in [7, 11) is 0. The monoisotopic (exact) mass is 397 g/mol. The van der Waals surface area contributed by atoms with E-state index in [1.165, 1.54) is 20.5 Å². The van der Waals surface area contributed by atoms with Gasteiger partial charge in [-0.15, -0.1) is 0 Å². The van der Waals surface area contributed by atoms with E-state index in [1.807, 2.05) is 0 Å². The standard InChI is InChI=1S/C17H24IN3/c1-4-15-12-17(21(6-3)20-15)16(19-5-2)11-13-7-9-14(18)10-8-13/h7-10,12,16,19H,4-6,11H2,1-3H3. The van der Waals surface area contributed by atoms with Crippen LogP contribution in [0.25, 0.3) is 0 Å². The number of halogens is 1. The van der Waals surface area contributed by atoms with Crippen LogP contribution < -0.4 is 5.32 Å². The van der Waals surface area contributed by atoms with Gasteiger partial charge in [0.15, 0.2) is 0 Å². The normalized spacial score (nSPS) is 12.6. The molecule has 0 spiro atoms. The van der Waals surface area contributed by atoms with Crippen molar-refractivity contribution in [3.63, 3.8) is 0 Å². The van der Waals surface area contributed by atoms with E-state index in [0.717, 1.165) is 25.9 Å². The Kier molecular flexibility index (Phi) is 6.23. The molecule has 2 rings (SSSR count). The molecule has 1 atom stereocenters. The first kappa shape index (κ1) is 16.5. The first-order valence-corrected chi connectivity index (χ1v) is 8.80. The van der Waals surface area contributed by atoms with Gasteiger partial charge in [-0.25, -0.2) is 0 Å². The van der Waals surface area contributed by atoms with Gasteiger partial charge in [0.05, 0.1) is 17.4 Å². The zero-order valence-electron chi connectivity index (χ0n) is 13.1. The molecule has 0 aliphatic heterocycles. The molecule has 1 aromatic heterocycles. The smallest absolute Gasteiger partial charge is 0.0625 e. The molecule has 0 aliphatic rings. The lowest BCUT2D eigenvalue weighted by Crippen LogP contribution is -2.25. The fourth-order valence-electron chi connectivity index (χ4n) is 2.58. The van der Waals surface area contributed by atoms with Crippen molar-refractivity contribution >= 4 is 22.6 Å². The second-order valence-electron chi connectivity index (χ2n) is 5.17. The van der Waals surface area contributed by atoms with Gasteiger partial charge in [0.1, 0.15) is 0 Å². The van der Waals surface area contributed by atoms with E-state index in [4.69, 9.17) is 0 Å². The minimum absolute atomic E-state index is 0.322. The first-order valence-electron chi connectivity index (χ1n) is 7.72. The highest BCUT2D eigenvalue weighted by atomic mass is 127. The van der Waals surface area contributed by atoms with E-state index in [2.05, 4.69) is 88.8 Å². The molecule has 21 heavy (non-hydrogen) atoms. The molecule has 0 fully saturated rings. The molecule has 1 N–H and O–H groups in total. The Hall–Kier alpha value is -0.880. The number of nitrogens with zero attached hydrogens (tertiary/aromatic N) is 2. The molecular formula is C17H24IN3. The van der Waals surface area contributed by atoms with Crippen molar-refractivity contribution in [1.82, 2.24) is 15.1 Å². The molecule has 1 heterocycles. The Morgan fingerprint density at radius 1 is 1.19 bits per heavy atom. The van der Waals surface area contributed by atoms with Gasteiger partial charge in [-0.2, -0.15) is 5.10 Å². The molecule has 0 bridgehead atoms. The number of hydrogen-bond acceptors (Lipinski definition) is 2. The van der Waals surface area contributed by atoms with Gasteiger partial charge >= 0.3 is 0 Å². The van der Waals surface area contributed by atoms with Crippen molar-refractivity contribution in [2.45, 2.75) is 46.2 Å². The number of benzene rings is 1. The second kappa shape index (κ2) is 7.94. The Morgan fingerprint density at radius 3 is 2.48 bits per heavy atom. The summed E-state index contributed by atoms with van der Waals surface area (Å²) >= 11 is 2.35. The van der Waals surface area contributed by atoms with Gasteiger partial charge in [-0.05, 0) is 72.7 Å². The molecule has 2 aromatic rings. The SMILES string of the molecule is CCNC(Cc1ccc(I)cc1)c1cc(CC)nn1CC. The Bertz CT molecular complexity index is 560. The van der Waals surface area contributed by atoms with Gasteiger partial charge in [-0.3, -0.25) is 4.68 Å². The van der Waals surface area contributed by atoms with Crippen LogP contribution in [-0.4, -0.2) is 16.3 Å². The van der Waals surface area contributed by atoms with Gasteiger partial charge < -0.3 is 5.32 Å². The summed E-state index contributed by atoms with van der Waals surface area (Å²) in [6.07, 6.45) is 1.99. The number of aryl methyl sites for hydroxylation is 2. The number of aromatic nitrogens is 2. The molecule has 3 nitrogen and oxygen atoms in total. The molecule has 0 amide bonds. The zero-order chi connectivity index (χ0) is 15.2. The minimum Gasteiger partial charge on any atom is -0.309 e. The highest BCUT2D eigenvalue weighted by Gasteiger charge is 2.17. The summed E-state index contributed by atoms with van der Waals surface area (Å²) in [5.74, 6) is 0. The van der Waals surface area contributed by atoms with Crippen molar-refractivity contribution in [1.29, 1.82) is 0 Å². The molecule has 1 unspecified atom stereocenters. The molecule has 0 radical (unpaired) electrons. The lowest BCUT2D eigenvalue weighted by Gasteiger charge is -2.19. The fraction of sp³-hybridized carbons (Fsp3) is 0.471. The van der Waals surface area contributed by atoms with Crippen LogP contribution in [-0.2, 0) is 19.4 Å². The third-order valence-corrected chi connectivity index (χ3v) is 4.40. The highest BCUT2D eigenvalue weighted by molar-refractivity contribution is 14.1. The van der Waals surface area contributed by atoms with E-state index in [0.29, 0.717) is 6.04 Å². The summed E-state index contributed by atoms with van der Waals surface area (Å²) in [6.45, 7) is 8.36. The Balaban J connectivity index is 2.25. The van der Waals surface area contributed by atoms with Crippen LogP contribution in [0.4, 0.5) is 0 Å². The van der Waals surface area contributed by atoms with Crippen molar-refractivity contribution < 1.29 is 0 Å². The Morgan fingerprint density at radius 2 is 1.90 bits per heavy atom. The average molecular weight is 397 g/mol. The van der Waals surface area contributed by atoms with E-state index in [1.54, 1.807) is 0 Å². The van der Waals surface area contributed by atoms with Crippen LogP contribution in [0.2, 0.25) is 0 Å². The molecule has 0 saturated heterocycles. The molecule has 4 heteroatoms. The minimum atomic E-state index is 0.322. The maximum absolute atomic E-state index is 4.68. The fourth-order valence-corrected chi connectivity index (χ4v) is 2.94.